The molecule has 0 spiro atoms. The first-order chi connectivity index (χ1) is 33.9. The highest BCUT2D eigenvalue weighted by Gasteiger charge is 2.24. The molecule has 2 N–H and O–H groups in total. The van der Waals surface area contributed by atoms with Gasteiger partial charge in [-0.05, 0) is 43.2 Å². The van der Waals surface area contributed by atoms with Crippen LogP contribution < -0.4 is 20.4 Å². The molecule has 3 aliphatic rings. The SMILES string of the molecule is O=C(CCOCCOCCOCCOCCNC(=O)CCN1C(=O)C=CC1=O)NCCOCCOCCOCCOCCN1CCN(c2ccc3nc(-c4ccc(N5CCCC5)nc4)sc3c2)CC1. The van der Waals surface area contributed by atoms with E-state index in [4.69, 9.17) is 47.9 Å². The van der Waals surface area contributed by atoms with Crippen molar-refractivity contribution in [1.82, 2.24) is 30.4 Å². The van der Waals surface area contributed by atoms with E-state index >= 15 is 0 Å². The molecule has 0 saturated carbocycles. The van der Waals surface area contributed by atoms with Gasteiger partial charge in [-0.15, -0.1) is 11.3 Å². The zero-order valence-corrected chi connectivity index (χ0v) is 40.6. The Balaban J connectivity index is 0.632. The number of piperazine rings is 1. The quantitative estimate of drug-likeness (QED) is 0.0633. The van der Waals surface area contributed by atoms with Gasteiger partial charge in [0, 0.05) is 108 Å². The van der Waals surface area contributed by atoms with E-state index in [-0.39, 0.29) is 31.2 Å². The van der Waals surface area contributed by atoms with E-state index in [9.17, 15) is 19.2 Å². The molecule has 3 aliphatic heterocycles. The van der Waals surface area contributed by atoms with Crippen molar-refractivity contribution in [1.29, 1.82) is 0 Å². The van der Waals surface area contributed by atoms with E-state index in [1.54, 1.807) is 11.3 Å². The van der Waals surface area contributed by atoms with Crippen molar-refractivity contribution in [2.24, 2.45) is 0 Å². The summed E-state index contributed by atoms with van der Waals surface area (Å²) >= 11 is 1.73. The van der Waals surface area contributed by atoms with Crippen LogP contribution >= 0.6 is 11.3 Å². The number of benzene rings is 1. The maximum absolute atomic E-state index is 12.0. The van der Waals surface area contributed by atoms with Gasteiger partial charge >= 0.3 is 0 Å². The van der Waals surface area contributed by atoms with Crippen LogP contribution in [0.3, 0.4) is 0 Å². The van der Waals surface area contributed by atoms with Crippen LogP contribution in [0.1, 0.15) is 25.7 Å². The van der Waals surface area contributed by atoms with Gasteiger partial charge < -0.3 is 58.3 Å². The van der Waals surface area contributed by atoms with Crippen molar-refractivity contribution >= 4 is 56.7 Å². The summed E-state index contributed by atoms with van der Waals surface area (Å²) in [5, 5.41) is 6.50. The van der Waals surface area contributed by atoms with Gasteiger partial charge in [0.25, 0.3) is 11.8 Å². The number of carbonyl (C=O) groups excluding carboxylic acids is 4. The summed E-state index contributed by atoms with van der Waals surface area (Å²) in [6, 6.07) is 10.9. The molecule has 5 heterocycles. The van der Waals surface area contributed by atoms with Crippen LogP contribution in [0, 0.1) is 0 Å². The number of rotatable bonds is 36. The van der Waals surface area contributed by atoms with Crippen LogP contribution in [0.25, 0.3) is 20.8 Å². The number of hydrogen-bond donors (Lipinski definition) is 2. The van der Waals surface area contributed by atoms with E-state index in [0.29, 0.717) is 119 Å². The second-order valence-electron chi connectivity index (χ2n) is 16.4. The number of aromatic nitrogens is 2. The van der Waals surface area contributed by atoms with E-state index in [1.165, 1.54) is 35.4 Å². The number of hydrogen-bond acceptors (Lipinski definition) is 18. The Labute approximate surface area is 408 Å². The van der Waals surface area contributed by atoms with Crippen molar-refractivity contribution < 1.29 is 57.1 Å². The van der Waals surface area contributed by atoms with Crippen molar-refractivity contribution in [3.8, 4) is 10.6 Å². The fourth-order valence-corrected chi connectivity index (χ4v) is 8.55. The molecule has 2 fully saturated rings. The minimum Gasteiger partial charge on any atom is -0.379 e. The molecule has 0 aliphatic carbocycles. The first-order valence-electron chi connectivity index (χ1n) is 24.2. The van der Waals surface area contributed by atoms with Gasteiger partial charge in [-0.1, -0.05) is 0 Å². The van der Waals surface area contributed by atoms with E-state index < -0.39 is 11.8 Å². The molecular weight excluding hydrogens is 913 g/mol. The third kappa shape index (κ3) is 19.9. The molecule has 3 aromatic rings. The Hall–Kier alpha value is -4.68. The number of pyridine rings is 1. The Morgan fingerprint density at radius 2 is 1.10 bits per heavy atom. The molecule has 1 aromatic carbocycles. The molecule has 6 rings (SSSR count). The fraction of sp³-hybridized carbons (Fsp3) is 0.625. The molecule has 4 amide bonds. The summed E-state index contributed by atoms with van der Waals surface area (Å²) in [7, 11) is 0. The monoisotopic (exact) mass is 982 g/mol. The predicted octanol–water partition coefficient (Wildman–Crippen LogP) is 2.15. The number of ether oxygens (including phenoxy) is 8. The molecule has 0 atom stereocenters. The summed E-state index contributed by atoms with van der Waals surface area (Å²) in [6.45, 7) is 14.7. The minimum absolute atomic E-state index is 0.0411. The van der Waals surface area contributed by atoms with Crippen LogP contribution in [-0.4, -0.2) is 215 Å². The van der Waals surface area contributed by atoms with Crippen molar-refractivity contribution in [3.63, 3.8) is 0 Å². The average Bonchev–Trinajstić information content (AvgIpc) is 4.14. The number of nitrogens with zero attached hydrogens (tertiary/aromatic N) is 6. The second kappa shape index (κ2) is 31.5. The second-order valence-corrected chi connectivity index (χ2v) is 17.4. The molecule has 2 saturated heterocycles. The number of carbonyl (C=O) groups is 4. The van der Waals surface area contributed by atoms with Gasteiger partial charge in [0.2, 0.25) is 11.8 Å². The summed E-state index contributed by atoms with van der Waals surface area (Å²) in [5.41, 5.74) is 3.35. The lowest BCUT2D eigenvalue weighted by Crippen LogP contribution is -2.47. The normalized spacial score (nSPS) is 15.3. The minimum atomic E-state index is -0.404. The van der Waals surface area contributed by atoms with E-state index in [0.717, 1.165) is 72.6 Å². The number of fused-ring (bicyclic) bond motifs is 1. The van der Waals surface area contributed by atoms with Gasteiger partial charge in [0.15, 0.2) is 0 Å². The molecule has 380 valence electrons. The van der Waals surface area contributed by atoms with E-state index in [1.807, 2.05) is 6.20 Å². The fourth-order valence-electron chi connectivity index (χ4n) is 7.56. The summed E-state index contributed by atoms with van der Waals surface area (Å²) in [6.07, 6.45) is 7.12. The predicted molar refractivity (Wildman–Crippen MR) is 261 cm³/mol. The smallest absolute Gasteiger partial charge is 0.253 e. The van der Waals surface area contributed by atoms with Gasteiger partial charge in [-0.3, -0.25) is 29.0 Å². The number of amides is 4. The molecular formula is C48H70N8O12S. The number of imide groups is 1. The summed E-state index contributed by atoms with van der Waals surface area (Å²) in [5.74, 6) is -0.119. The highest BCUT2D eigenvalue weighted by Crippen LogP contribution is 2.33. The zero-order chi connectivity index (χ0) is 48.1. The largest absolute Gasteiger partial charge is 0.379 e. The van der Waals surface area contributed by atoms with Gasteiger partial charge in [-0.2, -0.15) is 0 Å². The topological polar surface area (TPSA) is 205 Å². The standard InChI is InChI=1S/C48H70N8O12S/c57-44(9-15-56-46(59)7-8-47(56)60)49-11-22-62-26-30-66-34-33-65-29-25-61-21-10-45(58)50-12-23-63-27-31-67-35-36-68-32-28-64-24-20-53-16-18-54(19-17-53)40-4-5-41-42(37-40)69-48(52-41)39-3-6-43(51-38-39)55-13-1-2-14-55/h3-8,37-38H,1-2,9-36H2,(H,49,57)(H,50,58). The highest BCUT2D eigenvalue weighted by atomic mass is 32.1. The van der Waals surface area contributed by atoms with Crippen molar-refractivity contribution in [2.45, 2.75) is 25.7 Å². The van der Waals surface area contributed by atoms with Crippen LogP contribution in [0.5, 0.6) is 0 Å². The first kappa shape index (κ1) is 53.7. The molecule has 0 bridgehead atoms. The Morgan fingerprint density at radius 3 is 1.67 bits per heavy atom. The number of thiazole rings is 1. The average molecular weight is 983 g/mol. The molecule has 21 heteroatoms. The van der Waals surface area contributed by atoms with Crippen LogP contribution in [0.4, 0.5) is 11.5 Å². The lowest BCUT2D eigenvalue weighted by molar-refractivity contribution is -0.137. The lowest BCUT2D eigenvalue weighted by Gasteiger charge is -2.36. The van der Waals surface area contributed by atoms with Gasteiger partial charge in [0.05, 0.1) is 116 Å². The molecule has 69 heavy (non-hydrogen) atoms. The first-order valence-corrected chi connectivity index (χ1v) is 25.0. The molecule has 2 aromatic heterocycles. The maximum atomic E-state index is 12.0. The molecule has 0 unspecified atom stereocenters. The highest BCUT2D eigenvalue weighted by molar-refractivity contribution is 7.21. The number of anilines is 2. The maximum Gasteiger partial charge on any atom is 0.253 e. The third-order valence-corrected chi connectivity index (χ3v) is 12.5. The summed E-state index contributed by atoms with van der Waals surface area (Å²) in [4.78, 5) is 64.8. The van der Waals surface area contributed by atoms with Gasteiger partial charge in [-0.25, -0.2) is 9.97 Å². The van der Waals surface area contributed by atoms with Crippen LogP contribution in [0.2, 0.25) is 0 Å². The van der Waals surface area contributed by atoms with E-state index in [2.05, 4.69) is 55.7 Å². The molecule has 20 nitrogen and oxygen atoms in total. The van der Waals surface area contributed by atoms with Crippen LogP contribution in [-0.2, 0) is 57.1 Å². The Kier molecular flexibility index (Phi) is 24.5. The lowest BCUT2D eigenvalue weighted by atomic mass is 10.2. The van der Waals surface area contributed by atoms with Crippen LogP contribution in [0.15, 0.2) is 48.7 Å². The Bertz CT molecular complexity index is 1990. The Morgan fingerprint density at radius 1 is 0.565 bits per heavy atom. The summed E-state index contributed by atoms with van der Waals surface area (Å²) < 4.78 is 45.5. The van der Waals surface area contributed by atoms with Crippen molar-refractivity contribution in [3.05, 3.63) is 48.7 Å². The van der Waals surface area contributed by atoms with Crippen molar-refractivity contribution in [2.75, 3.05) is 181 Å². The molecule has 0 radical (unpaired) electrons. The zero-order valence-electron chi connectivity index (χ0n) is 39.8. The number of nitrogens with one attached hydrogen (secondary N) is 2. The third-order valence-electron chi connectivity index (χ3n) is 11.4. The van der Waals surface area contributed by atoms with Gasteiger partial charge in [0.1, 0.15) is 10.8 Å².